The van der Waals surface area contributed by atoms with Crippen molar-refractivity contribution in [1.29, 1.82) is 0 Å². The zero-order valence-corrected chi connectivity index (χ0v) is 11.8. The van der Waals surface area contributed by atoms with Gasteiger partial charge in [0, 0.05) is 18.3 Å². The van der Waals surface area contributed by atoms with Crippen molar-refractivity contribution in [3.05, 3.63) is 48.5 Å². The van der Waals surface area contributed by atoms with Crippen molar-refractivity contribution in [1.82, 2.24) is 0 Å². The summed E-state index contributed by atoms with van der Waals surface area (Å²) >= 11 is 0. The lowest BCUT2D eigenvalue weighted by molar-refractivity contribution is 0.475. The molecule has 6 heteroatoms. The molecule has 5 nitrogen and oxygen atoms in total. The molecule has 0 aliphatic rings. The van der Waals surface area contributed by atoms with Gasteiger partial charge in [-0.2, -0.15) is 0 Å². The molecule has 0 radical (unpaired) electrons. The minimum Gasteiger partial charge on any atom is -0.508 e. The Balaban J connectivity index is 2.50. The Bertz CT molecular complexity index is 714. The molecule has 0 fully saturated rings. The number of benzene rings is 2. The summed E-state index contributed by atoms with van der Waals surface area (Å²) in [5.74, 6) is 0.0173. The first kappa shape index (κ1) is 14.2. The lowest BCUT2D eigenvalue weighted by Gasteiger charge is -2.23. The number of rotatable bonds is 4. The van der Waals surface area contributed by atoms with E-state index in [0.29, 0.717) is 11.4 Å². The molecule has 0 amide bonds. The number of nitrogen functional groups attached to an aromatic ring is 1. The van der Waals surface area contributed by atoms with Crippen LogP contribution < -0.4 is 10.0 Å². The topological polar surface area (TPSA) is 83.6 Å². The standard InChI is InChI=1S/C14H16N2O3S/c1-2-16(12-6-4-7-13(17)10-12)20(18,19)14-8-3-5-11(15)9-14/h3-10,17H,2,15H2,1H3. The number of nitrogens with zero attached hydrogens (tertiary/aromatic N) is 1. The minimum absolute atomic E-state index is 0.0173. The number of hydrogen-bond acceptors (Lipinski definition) is 4. The fourth-order valence-electron chi connectivity index (χ4n) is 1.94. The fraction of sp³-hybridized carbons (Fsp3) is 0.143. The Hall–Kier alpha value is -2.21. The van der Waals surface area contributed by atoms with Crippen molar-refractivity contribution in [2.45, 2.75) is 11.8 Å². The summed E-state index contributed by atoms with van der Waals surface area (Å²) in [7, 11) is -3.70. The second kappa shape index (κ2) is 5.42. The molecule has 0 unspecified atom stereocenters. The molecule has 0 saturated heterocycles. The van der Waals surface area contributed by atoms with Gasteiger partial charge in [0.1, 0.15) is 5.75 Å². The molecule has 0 aliphatic carbocycles. The second-order valence-corrected chi connectivity index (χ2v) is 6.12. The third-order valence-corrected chi connectivity index (χ3v) is 4.75. The zero-order chi connectivity index (χ0) is 14.8. The van der Waals surface area contributed by atoms with E-state index in [-0.39, 0.29) is 17.2 Å². The molecule has 0 spiro atoms. The van der Waals surface area contributed by atoms with Gasteiger partial charge < -0.3 is 10.8 Å². The average molecular weight is 292 g/mol. The van der Waals surface area contributed by atoms with Crippen molar-refractivity contribution in [3.8, 4) is 5.75 Å². The number of hydrogen-bond donors (Lipinski definition) is 2. The van der Waals surface area contributed by atoms with E-state index < -0.39 is 10.0 Å². The predicted molar refractivity (Wildman–Crippen MR) is 79.2 cm³/mol. The molecule has 0 heterocycles. The highest BCUT2D eigenvalue weighted by Gasteiger charge is 2.23. The lowest BCUT2D eigenvalue weighted by atomic mass is 10.3. The van der Waals surface area contributed by atoms with Crippen LogP contribution in [0.4, 0.5) is 11.4 Å². The summed E-state index contributed by atoms with van der Waals surface area (Å²) in [5, 5.41) is 9.50. The summed E-state index contributed by atoms with van der Waals surface area (Å²) < 4.78 is 26.5. The SMILES string of the molecule is CCN(c1cccc(O)c1)S(=O)(=O)c1cccc(N)c1. The van der Waals surface area contributed by atoms with Crippen molar-refractivity contribution < 1.29 is 13.5 Å². The van der Waals surface area contributed by atoms with Crippen molar-refractivity contribution in [2.24, 2.45) is 0 Å². The number of phenols is 1. The van der Waals surface area contributed by atoms with E-state index in [9.17, 15) is 13.5 Å². The Morgan fingerprint density at radius 1 is 1.15 bits per heavy atom. The summed E-state index contributed by atoms with van der Waals surface area (Å²) in [6, 6.07) is 12.3. The van der Waals surface area contributed by atoms with Crippen LogP contribution >= 0.6 is 0 Å². The van der Waals surface area contributed by atoms with E-state index in [4.69, 9.17) is 5.73 Å². The summed E-state index contributed by atoms with van der Waals surface area (Å²) in [4.78, 5) is 0.127. The van der Waals surface area contributed by atoms with Crippen LogP contribution in [0.2, 0.25) is 0 Å². The maximum atomic E-state index is 12.6. The smallest absolute Gasteiger partial charge is 0.264 e. The molecule has 3 N–H and O–H groups in total. The van der Waals surface area contributed by atoms with Crippen LogP contribution in [-0.4, -0.2) is 20.1 Å². The Labute approximate surface area is 118 Å². The van der Waals surface area contributed by atoms with E-state index in [1.54, 1.807) is 31.2 Å². The third-order valence-electron chi connectivity index (χ3n) is 2.85. The molecular weight excluding hydrogens is 276 g/mol. The number of phenolic OH excluding ortho intramolecular Hbond substituents is 1. The van der Waals surface area contributed by atoms with E-state index in [0.717, 1.165) is 0 Å². The van der Waals surface area contributed by atoms with Gasteiger partial charge in [-0.25, -0.2) is 8.42 Å². The van der Waals surface area contributed by atoms with Crippen molar-refractivity contribution in [3.63, 3.8) is 0 Å². The van der Waals surface area contributed by atoms with Crippen LogP contribution in [0.15, 0.2) is 53.4 Å². The lowest BCUT2D eigenvalue weighted by Crippen LogP contribution is -2.30. The number of nitrogens with two attached hydrogens (primary N) is 1. The molecule has 0 bridgehead atoms. The molecule has 2 aromatic carbocycles. The van der Waals surface area contributed by atoms with Gasteiger partial charge in [0.05, 0.1) is 10.6 Å². The van der Waals surface area contributed by atoms with Crippen LogP contribution in [0.3, 0.4) is 0 Å². The van der Waals surface area contributed by atoms with Crippen LogP contribution in [0, 0.1) is 0 Å². The maximum absolute atomic E-state index is 12.6. The summed E-state index contributed by atoms with van der Waals surface area (Å²) in [6.45, 7) is 1.98. The highest BCUT2D eigenvalue weighted by molar-refractivity contribution is 7.92. The molecule has 0 aliphatic heterocycles. The second-order valence-electron chi connectivity index (χ2n) is 4.26. The number of aromatic hydroxyl groups is 1. The average Bonchev–Trinajstić information content (AvgIpc) is 2.39. The minimum atomic E-state index is -3.70. The Morgan fingerprint density at radius 3 is 2.45 bits per heavy atom. The molecular formula is C14H16N2O3S. The summed E-state index contributed by atoms with van der Waals surface area (Å²) in [6.07, 6.45) is 0. The molecule has 2 aromatic rings. The normalized spacial score (nSPS) is 11.2. The van der Waals surface area contributed by atoms with Gasteiger partial charge in [-0.1, -0.05) is 12.1 Å². The van der Waals surface area contributed by atoms with E-state index in [1.807, 2.05) is 0 Å². The molecule has 106 valence electrons. The maximum Gasteiger partial charge on any atom is 0.264 e. The first-order valence-corrected chi connectivity index (χ1v) is 7.56. The van der Waals surface area contributed by atoms with Crippen molar-refractivity contribution in [2.75, 3.05) is 16.6 Å². The van der Waals surface area contributed by atoms with Gasteiger partial charge in [0.2, 0.25) is 0 Å². The van der Waals surface area contributed by atoms with Crippen LogP contribution in [-0.2, 0) is 10.0 Å². The largest absolute Gasteiger partial charge is 0.508 e. The van der Waals surface area contributed by atoms with Crippen LogP contribution in [0.1, 0.15) is 6.92 Å². The van der Waals surface area contributed by atoms with Gasteiger partial charge in [-0.15, -0.1) is 0 Å². The summed E-state index contributed by atoms with van der Waals surface area (Å²) in [5.41, 5.74) is 6.44. The van der Waals surface area contributed by atoms with Crippen LogP contribution in [0.5, 0.6) is 5.75 Å². The number of sulfonamides is 1. The molecule has 0 aromatic heterocycles. The predicted octanol–water partition coefficient (Wildman–Crippen LogP) is 2.19. The third kappa shape index (κ3) is 2.70. The van der Waals surface area contributed by atoms with E-state index in [2.05, 4.69) is 0 Å². The number of anilines is 2. The van der Waals surface area contributed by atoms with E-state index >= 15 is 0 Å². The Morgan fingerprint density at radius 2 is 1.85 bits per heavy atom. The molecule has 2 rings (SSSR count). The van der Waals surface area contributed by atoms with Gasteiger partial charge >= 0.3 is 0 Å². The van der Waals surface area contributed by atoms with Gasteiger partial charge in [-0.05, 0) is 37.3 Å². The quantitative estimate of drug-likeness (QED) is 0.846. The zero-order valence-electron chi connectivity index (χ0n) is 11.0. The van der Waals surface area contributed by atoms with Gasteiger partial charge in [0.25, 0.3) is 10.0 Å². The highest BCUT2D eigenvalue weighted by Crippen LogP contribution is 2.26. The molecule has 0 saturated carbocycles. The van der Waals surface area contributed by atoms with E-state index in [1.165, 1.54) is 28.6 Å². The Kier molecular flexibility index (Phi) is 3.85. The van der Waals surface area contributed by atoms with Gasteiger partial charge in [-0.3, -0.25) is 4.31 Å². The molecule has 0 atom stereocenters. The monoisotopic (exact) mass is 292 g/mol. The fourth-order valence-corrected chi connectivity index (χ4v) is 3.46. The molecule has 20 heavy (non-hydrogen) atoms. The first-order valence-electron chi connectivity index (χ1n) is 6.12. The van der Waals surface area contributed by atoms with Crippen molar-refractivity contribution >= 4 is 21.4 Å². The first-order chi connectivity index (χ1) is 9.45. The highest BCUT2D eigenvalue weighted by atomic mass is 32.2. The van der Waals surface area contributed by atoms with Gasteiger partial charge in [0.15, 0.2) is 0 Å². The van der Waals surface area contributed by atoms with Crippen LogP contribution in [0.25, 0.3) is 0 Å².